The first-order valence-corrected chi connectivity index (χ1v) is 8.37. The molecule has 0 atom stereocenters. The second-order valence-electron chi connectivity index (χ2n) is 6.00. The minimum atomic E-state index is -0.952. The molecule has 0 radical (unpaired) electrons. The van der Waals surface area contributed by atoms with Crippen molar-refractivity contribution in [3.8, 4) is 0 Å². The number of pyridine rings is 1. The van der Waals surface area contributed by atoms with Crippen LogP contribution in [0.25, 0.3) is 10.9 Å². The average molecular weight is 313 g/mol. The highest BCUT2D eigenvalue weighted by atomic mass is 16.4. The van der Waals surface area contributed by atoms with E-state index in [9.17, 15) is 4.79 Å². The number of fused-ring (bicyclic) bond motifs is 2. The van der Waals surface area contributed by atoms with Gasteiger partial charge in [0.15, 0.2) is 0 Å². The van der Waals surface area contributed by atoms with Crippen LogP contribution in [0.2, 0.25) is 0 Å². The number of carbonyl (C=O) groups is 1. The van der Waals surface area contributed by atoms with Crippen LogP contribution in [-0.2, 0) is 12.8 Å². The van der Waals surface area contributed by atoms with E-state index < -0.39 is 6.09 Å². The maximum atomic E-state index is 10.4. The third-order valence-electron chi connectivity index (χ3n) is 4.35. The maximum absolute atomic E-state index is 10.4. The number of benzene rings is 1. The van der Waals surface area contributed by atoms with E-state index in [2.05, 4.69) is 28.8 Å². The molecule has 3 N–H and O–H groups in total. The third-order valence-corrected chi connectivity index (χ3v) is 4.35. The van der Waals surface area contributed by atoms with E-state index >= 15 is 0 Å². The lowest BCUT2D eigenvalue weighted by atomic mass is 9.92. The predicted molar refractivity (Wildman–Crippen MR) is 92.1 cm³/mol. The van der Waals surface area contributed by atoms with Gasteiger partial charge in [-0.2, -0.15) is 0 Å². The molecule has 122 valence electrons. The molecule has 0 saturated heterocycles. The fraction of sp³-hybridized carbons (Fsp3) is 0.444. The topological polar surface area (TPSA) is 74.2 Å². The number of nitrogens with one attached hydrogen (secondary N) is 2. The Morgan fingerprint density at radius 3 is 2.78 bits per heavy atom. The third kappa shape index (κ3) is 3.73. The van der Waals surface area contributed by atoms with Crippen molar-refractivity contribution in [2.45, 2.75) is 38.5 Å². The van der Waals surface area contributed by atoms with Crippen molar-refractivity contribution < 1.29 is 9.90 Å². The molecule has 0 bridgehead atoms. The van der Waals surface area contributed by atoms with Gasteiger partial charge in [0.1, 0.15) is 0 Å². The van der Waals surface area contributed by atoms with Gasteiger partial charge in [-0.25, -0.2) is 4.79 Å². The maximum Gasteiger partial charge on any atom is 0.404 e. The Labute approximate surface area is 136 Å². The van der Waals surface area contributed by atoms with Crippen LogP contribution in [-0.4, -0.2) is 29.3 Å². The fourth-order valence-corrected chi connectivity index (χ4v) is 3.23. The molecule has 2 aromatic rings. The van der Waals surface area contributed by atoms with Crippen LogP contribution in [0.5, 0.6) is 0 Å². The zero-order valence-electron chi connectivity index (χ0n) is 13.3. The minimum absolute atomic E-state index is 0.506. The molecule has 3 rings (SSSR count). The summed E-state index contributed by atoms with van der Waals surface area (Å²) in [4.78, 5) is 15.3. The second kappa shape index (κ2) is 7.31. The number of rotatable bonds is 6. The predicted octanol–water partition coefficient (Wildman–Crippen LogP) is 3.57. The highest BCUT2D eigenvalue weighted by molar-refractivity contribution is 5.93. The SMILES string of the molecule is O=C(O)NCCCCNc1c2c(nc3ccccc13)CCCC2. The van der Waals surface area contributed by atoms with Crippen molar-refractivity contribution >= 4 is 22.7 Å². The Hall–Kier alpha value is -2.30. The van der Waals surface area contributed by atoms with Crippen LogP contribution in [0.1, 0.15) is 36.9 Å². The molecule has 1 heterocycles. The number of amides is 1. The number of hydrogen-bond acceptors (Lipinski definition) is 3. The van der Waals surface area contributed by atoms with Gasteiger partial charge in [-0.1, -0.05) is 18.2 Å². The Balaban J connectivity index is 1.72. The molecule has 5 heteroatoms. The monoisotopic (exact) mass is 313 g/mol. The number of carboxylic acid groups (broad SMARTS) is 1. The summed E-state index contributed by atoms with van der Waals surface area (Å²) in [5, 5.41) is 15.7. The molecule has 0 fully saturated rings. The molecule has 23 heavy (non-hydrogen) atoms. The molecule has 1 amide bonds. The van der Waals surface area contributed by atoms with E-state index in [1.54, 1.807) is 0 Å². The largest absolute Gasteiger partial charge is 0.465 e. The van der Waals surface area contributed by atoms with Gasteiger partial charge in [0.2, 0.25) is 0 Å². The smallest absolute Gasteiger partial charge is 0.404 e. The molecule has 1 aromatic carbocycles. The summed E-state index contributed by atoms with van der Waals surface area (Å²) in [6, 6.07) is 8.30. The van der Waals surface area contributed by atoms with E-state index in [4.69, 9.17) is 10.1 Å². The molecule has 1 aromatic heterocycles. The zero-order chi connectivity index (χ0) is 16.1. The van der Waals surface area contributed by atoms with Gasteiger partial charge in [0.05, 0.1) is 5.52 Å². The van der Waals surface area contributed by atoms with Gasteiger partial charge < -0.3 is 15.7 Å². The Morgan fingerprint density at radius 1 is 1.13 bits per heavy atom. The summed E-state index contributed by atoms with van der Waals surface area (Å²) in [5.41, 5.74) is 4.91. The number of para-hydroxylation sites is 1. The van der Waals surface area contributed by atoms with Gasteiger partial charge in [-0.15, -0.1) is 0 Å². The lowest BCUT2D eigenvalue weighted by Gasteiger charge is -2.21. The Bertz CT molecular complexity index is 700. The molecule has 0 unspecified atom stereocenters. The first-order valence-electron chi connectivity index (χ1n) is 8.37. The lowest BCUT2D eigenvalue weighted by molar-refractivity contribution is 0.194. The van der Waals surface area contributed by atoms with Gasteiger partial charge in [0, 0.05) is 29.9 Å². The average Bonchev–Trinajstić information content (AvgIpc) is 2.56. The summed E-state index contributed by atoms with van der Waals surface area (Å²) in [7, 11) is 0. The standard InChI is InChI=1S/C18H23N3O2/c22-18(23)20-12-6-5-11-19-17-13-7-1-3-9-15(13)21-16-10-4-2-8-14(16)17/h1,3,7,9,20H,2,4-6,8,10-12H2,(H,19,21)(H,22,23). The number of anilines is 1. The van der Waals surface area contributed by atoms with E-state index in [-0.39, 0.29) is 0 Å². The van der Waals surface area contributed by atoms with Crippen molar-refractivity contribution in [1.29, 1.82) is 0 Å². The van der Waals surface area contributed by atoms with Crippen molar-refractivity contribution in [3.63, 3.8) is 0 Å². The number of aromatic nitrogens is 1. The van der Waals surface area contributed by atoms with Crippen LogP contribution in [0, 0.1) is 0 Å². The van der Waals surface area contributed by atoms with Crippen LogP contribution in [0.4, 0.5) is 10.5 Å². The molecular formula is C18H23N3O2. The number of hydrogen-bond donors (Lipinski definition) is 3. The molecule has 1 aliphatic rings. The lowest BCUT2D eigenvalue weighted by Crippen LogP contribution is -2.22. The van der Waals surface area contributed by atoms with Crippen LogP contribution < -0.4 is 10.6 Å². The van der Waals surface area contributed by atoms with E-state index in [0.717, 1.165) is 37.7 Å². The van der Waals surface area contributed by atoms with Crippen LogP contribution >= 0.6 is 0 Å². The highest BCUT2D eigenvalue weighted by Gasteiger charge is 2.17. The molecule has 0 saturated carbocycles. The number of nitrogens with zero attached hydrogens (tertiary/aromatic N) is 1. The van der Waals surface area contributed by atoms with E-state index in [0.29, 0.717) is 6.54 Å². The summed E-state index contributed by atoms with van der Waals surface area (Å²) < 4.78 is 0. The normalized spacial score (nSPS) is 13.6. The van der Waals surface area contributed by atoms with Crippen LogP contribution in [0.3, 0.4) is 0 Å². The number of aryl methyl sites for hydroxylation is 1. The first-order chi connectivity index (χ1) is 11.3. The zero-order valence-corrected chi connectivity index (χ0v) is 13.3. The summed E-state index contributed by atoms with van der Waals surface area (Å²) in [6.07, 6.45) is 5.43. The quantitative estimate of drug-likeness (QED) is 0.713. The Kier molecular flexibility index (Phi) is 4.95. The van der Waals surface area contributed by atoms with E-state index in [1.807, 2.05) is 6.07 Å². The van der Waals surface area contributed by atoms with Crippen LogP contribution in [0.15, 0.2) is 24.3 Å². The summed E-state index contributed by atoms with van der Waals surface area (Å²) in [6.45, 7) is 1.36. The molecule has 1 aliphatic carbocycles. The van der Waals surface area contributed by atoms with Gasteiger partial charge in [-0.05, 0) is 50.2 Å². The fourth-order valence-electron chi connectivity index (χ4n) is 3.23. The van der Waals surface area contributed by atoms with Crippen molar-refractivity contribution in [1.82, 2.24) is 10.3 Å². The molecule has 0 spiro atoms. The first kappa shape index (κ1) is 15.6. The van der Waals surface area contributed by atoms with Crippen molar-refractivity contribution in [2.75, 3.05) is 18.4 Å². The van der Waals surface area contributed by atoms with Crippen molar-refractivity contribution in [3.05, 3.63) is 35.5 Å². The highest BCUT2D eigenvalue weighted by Crippen LogP contribution is 2.33. The van der Waals surface area contributed by atoms with Gasteiger partial charge >= 0.3 is 6.09 Å². The summed E-state index contributed by atoms with van der Waals surface area (Å²) in [5.74, 6) is 0. The molecule has 0 aliphatic heterocycles. The van der Waals surface area contributed by atoms with Crippen molar-refractivity contribution in [2.24, 2.45) is 0 Å². The second-order valence-corrected chi connectivity index (χ2v) is 6.00. The molecule has 5 nitrogen and oxygen atoms in total. The van der Waals surface area contributed by atoms with Gasteiger partial charge in [-0.3, -0.25) is 4.98 Å². The minimum Gasteiger partial charge on any atom is -0.465 e. The Morgan fingerprint density at radius 2 is 1.91 bits per heavy atom. The van der Waals surface area contributed by atoms with E-state index in [1.165, 1.54) is 35.2 Å². The number of unbranched alkanes of at least 4 members (excludes halogenated alkanes) is 1. The summed E-state index contributed by atoms with van der Waals surface area (Å²) >= 11 is 0. The molecular weight excluding hydrogens is 290 g/mol. The van der Waals surface area contributed by atoms with Gasteiger partial charge in [0.25, 0.3) is 0 Å².